The molecule has 1 aliphatic heterocycles. The molecule has 24 heavy (non-hydrogen) atoms. The van der Waals surface area contributed by atoms with Crippen molar-refractivity contribution in [3.05, 3.63) is 64.7 Å². The minimum Gasteiger partial charge on any atom is -0.387 e. The van der Waals surface area contributed by atoms with E-state index in [4.69, 9.17) is 11.6 Å². The lowest BCUT2D eigenvalue weighted by Gasteiger charge is -2.18. The van der Waals surface area contributed by atoms with Crippen LogP contribution in [0.5, 0.6) is 0 Å². The summed E-state index contributed by atoms with van der Waals surface area (Å²) in [4.78, 5) is 25.6. The maximum Gasteiger partial charge on any atom is 0.240 e. The molecule has 0 spiro atoms. The lowest BCUT2D eigenvalue weighted by molar-refractivity contribution is -0.123. The molecular weight excluding hydrogens is 328 g/mol. The molecular formula is C18H17ClN2O3. The summed E-state index contributed by atoms with van der Waals surface area (Å²) in [5.41, 5.74) is 2.27. The molecule has 0 fully saturated rings. The largest absolute Gasteiger partial charge is 0.387 e. The first kappa shape index (κ1) is 16.5. The molecule has 0 saturated carbocycles. The van der Waals surface area contributed by atoms with Gasteiger partial charge >= 0.3 is 0 Å². The topological polar surface area (TPSA) is 69.6 Å². The molecule has 2 aromatic carbocycles. The summed E-state index contributed by atoms with van der Waals surface area (Å²) >= 11 is 5.93. The minimum atomic E-state index is -0.782. The SMILES string of the molecule is O=C(CN1C(=O)Cc2cc(Cl)ccc21)NCC(O)c1ccccc1. The van der Waals surface area contributed by atoms with Gasteiger partial charge in [-0.05, 0) is 29.3 Å². The highest BCUT2D eigenvalue weighted by Crippen LogP contribution is 2.30. The first-order valence-corrected chi connectivity index (χ1v) is 8.01. The number of carbonyl (C=O) groups is 2. The Bertz CT molecular complexity index is 764. The highest BCUT2D eigenvalue weighted by Gasteiger charge is 2.28. The molecule has 124 valence electrons. The average Bonchev–Trinajstić information content (AvgIpc) is 2.88. The Kier molecular flexibility index (Phi) is 4.83. The fourth-order valence-electron chi connectivity index (χ4n) is 2.73. The Morgan fingerprint density at radius 3 is 2.75 bits per heavy atom. The van der Waals surface area contributed by atoms with E-state index >= 15 is 0 Å². The lowest BCUT2D eigenvalue weighted by atomic mass is 10.1. The van der Waals surface area contributed by atoms with Crippen molar-refractivity contribution in [3.8, 4) is 0 Å². The second kappa shape index (κ2) is 7.03. The van der Waals surface area contributed by atoms with Crippen LogP contribution in [-0.2, 0) is 16.0 Å². The van der Waals surface area contributed by atoms with Crippen LogP contribution in [0.3, 0.4) is 0 Å². The van der Waals surface area contributed by atoms with Crippen molar-refractivity contribution >= 4 is 29.1 Å². The van der Waals surface area contributed by atoms with Crippen LogP contribution in [0.4, 0.5) is 5.69 Å². The van der Waals surface area contributed by atoms with Crippen LogP contribution >= 0.6 is 11.6 Å². The number of aliphatic hydroxyl groups is 1. The van der Waals surface area contributed by atoms with Crippen molar-refractivity contribution in [3.63, 3.8) is 0 Å². The molecule has 0 saturated heterocycles. The fraction of sp³-hybridized carbons (Fsp3) is 0.222. The number of rotatable bonds is 5. The van der Waals surface area contributed by atoms with Crippen molar-refractivity contribution < 1.29 is 14.7 Å². The highest BCUT2D eigenvalue weighted by atomic mass is 35.5. The third-order valence-corrected chi connectivity index (χ3v) is 4.19. The predicted octanol–water partition coefficient (Wildman–Crippen LogP) is 2.08. The maximum absolute atomic E-state index is 12.1. The zero-order chi connectivity index (χ0) is 17.1. The van der Waals surface area contributed by atoms with E-state index in [9.17, 15) is 14.7 Å². The number of nitrogens with zero attached hydrogens (tertiary/aromatic N) is 1. The molecule has 0 radical (unpaired) electrons. The quantitative estimate of drug-likeness (QED) is 0.872. The Labute approximate surface area is 144 Å². The average molecular weight is 345 g/mol. The number of carbonyl (C=O) groups excluding carboxylic acids is 2. The molecule has 0 aliphatic carbocycles. The molecule has 3 rings (SSSR count). The van der Waals surface area contributed by atoms with Crippen LogP contribution in [0, 0.1) is 0 Å². The number of benzene rings is 2. The summed E-state index contributed by atoms with van der Waals surface area (Å²) in [6, 6.07) is 14.3. The van der Waals surface area contributed by atoms with Crippen molar-refractivity contribution in [1.82, 2.24) is 5.32 Å². The van der Waals surface area contributed by atoms with Crippen LogP contribution in [-0.4, -0.2) is 30.0 Å². The number of halogens is 1. The molecule has 5 nitrogen and oxygen atoms in total. The number of nitrogens with one attached hydrogen (secondary N) is 1. The molecule has 6 heteroatoms. The normalized spacial score (nSPS) is 14.4. The van der Waals surface area contributed by atoms with Crippen LogP contribution < -0.4 is 10.2 Å². The molecule has 2 aromatic rings. The Balaban J connectivity index is 1.59. The van der Waals surface area contributed by atoms with Gasteiger partial charge in [-0.2, -0.15) is 0 Å². The van der Waals surface area contributed by atoms with Gasteiger partial charge in [-0.15, -0.1) is 0 Å². The van der Waals surface area contributed by atoms with Crippen LogP contribution in [0.25, 0.3) is 0 Å². The highest BCUT2D eigenvalue weighted by molar-refractivity contribution is 6.31. The molecule has 0 aromatic heterocycles. The molecule has 1 aliphatic rings. The molecule has 2 amide bonds. The first-order chi connectivity index (χ1) is 11.5. The molecule has 1 heterocycles. The standard InChI is InChI=1S/C18H17ClN2O3/c19-14-6-7-15-13(8-14)9-18(24)21(15)11-17(23)20-10-16(22)12-4-2-1-3-5-12/h1-8,16,22H,9-11H2,(H,20,23). The predicted molar refractivity (Wildman–Crippen MR) is 91.9 cm³/mol. The van der Waals surface area contributed by atoms with Gasteiger partial charge in [-0.3, -0.25) is 9.59 Å². The third-order valence-electron chi connectivity index (χ3n) is 3.95. The monoisotopic (exact) mass is 344 g/mol. The number of hydrogen-bond acceptors (Lipinski definition) is 3. The Morgan fingerprint density at radius 1 is 1.25 bits per heavy atom. The Hall–Kier alpha value is -2.37. The van der Waals surface area contributed by atoms with Crippen LogP contribution in [0.1, 0.15) is 17.2 Å². The first-order valence-electron chi connectivity index (χ1n) is 7.63. The summed E-state index contributed by atoms with van der Waals surface area (Å²) in [6.07, 6.45) is -0.536. The van der Waals surface area contributed by atoms with Gasteiger partial charge in [0.05, 0.1) is 12.5 Å². The smallest absolute Gasteiger partial charge is 0.240 e. The van der Waals surface area contributed by atoms with Crippen LogP contribution in [0.2, 0.25) is 5.02 Å². The molecule has 0 bridgehead atoms. The van der Waals surface area contributed by atoms with E-state index in [1.807, 2.05) is 18.2 Å². The van der Waals surface area contributed by atoms with Gasteiger partial charge in [0.1, 0.15) is 6.54 Å². The van der Waals surface area contributed by atoms with E-state index in [2.05, 4.69) is 5.32 Å². The van der Waals surface area contributed by atoms with Crippen molar-refractivity contribution in [2.24, 2.45) is 0 Å². The summed E-state index contributed by atoms with van der Waals surface area (Å²) in [7, 11) is 0. The number of hydrogen-bond donors (Lipinski definition) is 2. The molecule has 1 unspecified atom stereocenters. The zero-order valence-electron chi connectivity index (χ0n) is 12.9. The number of fused-ring (bicyclic) bond motifs is 1. The molecule has 1 atom stereocenters. The van der Waals surface area contributed by atoms with E-state index in [1.165, 1.54) is 4.90 Å². The van der Waals surface area contributed by atoms with Crippen molar-refractivity contribution in [1.29, 1.82) is 0 Å². The van der Waals surface area contributed by atoms with Gasteiger partial charge in [-0.1, -0.05) is 41.9 Å². The Morgan fingerprint density at radius 2 is 2.00 bits per heavy atom. The van der Waals surface area contributed by atoms with Gasteiger partial charge in [0, 0.05) is 17.3 Å². The maximum atomic E-state index is 12.1. The summed E-state index contributed by atoms with van der Waals surface area (Å²) < 4.78 is 0. The van der Waals surface area contributed by atoms with Gasteiger partial charge in [-0.25, -0.2) is 0 Å². The number of aliphatic hydroxyl groups excluding tert-OH is 1. The lowest BCUT2D eigenvalue weighted by Crippen LogP contribution is -2.40. The fourth-order valence-corrected chi connectivity index (χ4v) is 2.92. The second-order valence-electron chi connectivity index (χ2n) is 5.66. The van der Waals surface area contributed by atoms with Gasteiger partial charge in [0.25, 0.3) is 0 Å². The summed E-state index contributed by atoms with van der Waals surface area (Å²) in [5, 5.41) is 13.3. The summed E-state index contributed by atoms with van der Waals surface area (Å²) in [6.45, 7) is 0.0212. The van der Waals surface area contributed by atoms with Gasteiger partial charge in [0.2, 0.25) is 11.8 Å². The van der Waals surface area contributed by atoms with E-state index in [-0.39, 0.29) is 31.3 Å². The van der Waals surface area contributed by atoms with E-state index in [0.29, 0.717) is 10.7 Å². The van der Waals surface area contributed by atoms with Crippen molar-refractivity contribution in [2.45, 2.75) is 12.5 Å². The van der Waals surface area contributed by atoms with Crippen molar-refractivity contribution in [2.75, 3.05) is 18.0 Å². The van der Waals surface area contributed by atoms with Gasteiger partial charge in [0.15, 0.2) is 0 Å². The van der Waals surface area contributed by atoms with Crippen LogP contribution in [0.15, 0.2) is 48.5 Å². The van der Waals surface area contributed by atoms with E-state index in [0.717, 1.165) is 11.1 Å². The third kappa shape index (κ3) is 3.58. The number of anilines is 1. The van der Waals surface area contributed by atoms with E-state index in [1.54, 1.807) is 30.3 Å². The minimum absolute atomic E-state index is 0.0744. The van der Waals surface area contributed by atoms with Gasteiger partial charge < -0.3 is 15.3 Å². The number of amides is 2. The molecule has 2 N–H and O–H groups in total. The van der Waals surface area contributed by atoms with E-state index < -0.39 is 6.10 Å². The zero-order valence-corrected chi connectivity index (χ0v) is 13.7. The summed E-state index contributed by atoms with van der Waals surface area (Å²) in [5.74, 6) is -0.452. The second-order valence-corrected chi connectivity index (χ2v) is 6.10.